The summed E-state index contributed by atoms with van der Waals surface area (Å²) < 4.78 is 1.27. The highest BCUT2D eigenvalue weighted by atomic mass is 16.2. The van der Waals surface area contributed by atoms with E-state index in [0.29, 0.717) is 12.1 Å². The van der Waals surface area contributed by atoms with E-state index in [1.807, 2.05) is 37.4 Å². The van der Waals surface area contributed by atoms with E-state index in [1.54, 1.807) is 0 Å². The van der Waals surface area contributed by atoms with Crippen molar-refractivity contribution >= 4 is 11.8 Å². The summed E-state index contributed by atoms with van der Waals surface area (Å²) in [4.78, 5) is 39.0. The molecule has 28 heavy (non-hydrogen) atoms. The summed E-state index contributed by atoms with van der Waals surface area (Å²) in [6, 6.07) is 12.5. The third-order valence-corrected chi connectivity index (χ3v) is 4.85. The summed E-state index contributed by atoms with van der Waals surface area (Å²) in [6.45, 7) is 2.12. The van der Waals surface area contributed by atoms with Gasteiger partial charge >= 0.3 is 0 Å². The van der Waals surface area contributed by atoms with Gasteiger partial charge in [0.2, 0.25) is 5.91 Å². The first-order chi connectivity index (χ1) is 13.5. The number of likely N-dealkylation sites (N-methyl/N-ethyl adjacent to an activating group) is 1. The van der Waals surface area contributed by atoms with Crippen LogP contribution >= 0.6 is 0 Å². The van der Waals surface area contributed by atoms with Gasteiger partial charge in [-0.15, -0.1) is 0 Å². The molecule has 1 aliphatic rings. The predicted molar refractivity (Wildman–Crippen MR) is 107 cm³/mol. The van der Waals surface area contributed by atoms with Crippen LogP contribution in [0, 0.1) is 0 Å². The van der Waals surface area contributed by atoms with Crippen LogP contribution in [-0.4, -0.2) is 47.5 Å². The largest absolute Gasteiger partial charge is 0.350 e. The molecule has 2 heterocycles. The maximum atomic E-state index is 12.5. The van der Waals surface area contributed by atoms with Crippen molar-refractivity contribution in [2.24, 2.45) is 0 Å². The van der Waals surface area contributed by atoms with Crippen molar-refractivity contribution in [3.8, 4) is 0 Å². The molecule has 1 saturated heterocycles. The molecule has 2 N–H and O–H groups in total. The van der Waals surface area contributed by atoms with E-state index < -0.39 is 0 Å². The van der Waals surface area contributed by atoms with Gasteiger partial charge in [-0.25, -0.2) is 0 Å². The molecule has 0 radical (unpaired) electrons. The van der Waals surface area contributed by atoms with Gasteiger partial charge < -0.3 is 20.1 Å². The maximum Gasteiger partial charge on any atom is 0.253 e. The standard InChI is InChI=1S/C21H26N4O3/c1-24-11-5-8-18(14-24)23-21(28)17-9-10-20(27)25(13-17)15-19(26)22-12-16-6-3-2-4-7-16/h2-4,6-7,9-10,13,18H,5,8,11-12,14-15H2,1H3,(H,22,26)(H,23,28)/t18-/m1/s1. The Morgan fingerprint density at radius 2 is 1.93 bits per heavy atom. The number of aromatic nitrogens is 1. The molecular formula is C21H26N4O3. The van der Waals surface area contributed by atoms with Crippen LogP contribution < -0.4 is 16.2 Å². The Bertz CT molecular complexity index is 879. The third-order valence-electron chi connectivity index (χ3n) is 4.85. The topological polar surface area (TPSA) is 83.4 Å². The lowest BCUT2D eigenvalue weighted by atomic mass is 10.1. The van der Waals surface area contributed by atoms with Crippen molar-refractivity contribution in [2.45, 2.75) is 32.0 Å². The van der Waals surface area contributed by atoms with Gasteiger partial charge in [0.05, 0.1) is 5.56 Å². The van der Waals surface area contributed by atoms with Crippen LogP contribution in [0.15, 0.2) is 53.5 Å². The first kappa shape index (κ1) is 19.8. The zero-order valence-corrected chi connectivity index (χ0v) is 16.1. The number of benzene rings is 1. The number of nitrogens with one attached hydrogen (secondary N) is 2. The Morgan fingerprint density at radius 3 is 2.68 bits per heavy atom. The number of rotatable bonds is 6. The molecular weight excluding hydrogens is 356 g/mol. The molecule has 1 fully saturated rings. The second-order valence-corrected chi connectivity index (χ2v) is 7.22. The monoisotopic (exact) mass is 382 g/mol. The number of carbonyl (C=O) groups is 2. The molecule has 0 unspecified atom stereocenters. The lowest BCUT2D eigenvalue weighted by Gasteiger charge is -2.30. The Labute approximate surface area is 164 Å². The van der Waals surface area contributed by atoms with Gasteiger partial charge in [-0.05, 0) is 38.1 Å². The smallest absolute Gasteiger partial charge is 0.253 e. The van der Waals surface area contributed by atoms with E-state index in [-0.39, 0.29) is 30.0 Å². The second-order valence-electron chi connectivity index (χ2n) is 7.22. The van der Waals surface area contributed by atoms with E-state index in [2.05, 4.69) is 15.5 Å². The van der Waals surface area contributed by atoms with E-state index in [9.17, 15) is 14.4 Å². The number of pyridine rings is 1. The highest BCUT2D eigenvalue weighted by Crippen LogP contribution is 2.09. The van der Waals surface area contributed by atoms with Crippen molar-refractivity contribution < 1.29 is 9.59 Å². The van der Waals surface area contributed by atoms with Crippen LogP contribution in [-0.2, 0) is 17.9 Å². The van der Waals surface area contributed by atoms with Crippen molar-refractivity contribution in [1.29, 1.82) is 0 Å². The molecule has 0 aliphatic carbocycles. The Kier molecular flexibility index (Phi) is 6.60. The van der Waals surface area contributed by atoms with Crippen molar-refractivity contribution in [1.82, 2.24) is 20.1 Å². The van der Waals surface area contributed by atoms with Crippen molar-refractivity contribution in [3.05, 3.63) is 70.1 Å². The average molecular weight is 382 g/mol. The molecule has 3 rings (SSSR count). The van der Waals surface area contributed by atoms with Crippen molar-refractivity contribution in [3.63, 3.8) is 0 Å². The number of hydrogen-bond acceptors (Lipinski definition) is 4. The molecule has 2 amide bonds. The fraction of sp³-hybridized carbons (Fsp3) is 0.381. The minimum Gasteiger partial charge on any atom is -0.350 e. The Hall–Kier alpha value is -2.93. The first-order valence-corrected chi connectivity index (χ1v) is 9.52. The van der Waals surface area contributed by atoms with Crippen molar-refractivity contribution in [2.75, 3.05) is 20.1 Å². The minimum absolute atomic E-state index is 0.0980. The second kappa shape index (κ2) is 9.32. The molecule has 148 valence electrons. The summed E-state index contributed by atoms with van der Waals surface area (Å²) in [7, 11) is 2.03. The summed E-state index contributed by atoms with van der Waals surface area (Å²) in [6.07, 6.45) is 3.44. The normalized spacial score (nSPS) is 17.1. The number of carbonyl (C=O) groups excluding carboxylic acids is 2. The van der Waals surface area contributed by atoms with Gasteiger partial charge in [-0.1, -0.05) is 30.3 Å². The van der Waals surface area contributed by atoms with Crippen LogP contribution in [0.25, 0.3) is 0 Å². The van der Waals surface area contributed by atoms with Gasteiger partial charge in [0, 0.05) is 31.4 Å². The van der Waals surface area contributed by atoms with Gasteiger partial charge in [-0.3, -0.25) is 14.4 Å². The van der Waals surface area contributed by atoms with Crippen LogP contribution in [0.1, 0.15) is 28.8 Å². The average Bonchev–Trinajstić information content (AvgIpc) is 2.69. The van der Waals surface area contributed by atoms with E-state index >= 15 is 0 Å². The molecule has 2 aromatic rings. The fourth-order valence-corrected chi connectivity index (χ4v) is 3.35. The number of nitrogens with zero attached hydrogens (tertiary/aromatic N) is 2. The molecule has 1 aromatic carbocycles. The fourth-order valence-electron chi connectivity index (χ4n) is 3.35. The molecule has 0 bridgehead atoms. The molecule has 7 nitrogen and oxygen atoms in total. The highest BCUT2D eigenvalue weighted by molar-refractivity contribution is 5.94. The molecule has 0 spiro atoms. The molecule has 1 atom stereocenters. The lowest BCUT2D eigenvalue weighted by Crippen LogP contribution is -2.46. The number of hydrogen-bond donors (Lipinski definition) is 2. The van der Waals surface area contributed by atoms with Crippen LogP contribution in [0.4, 0.5) is 0 Å². The van der Waals surface area contributed by atoms with Crippen LogP contribution in [0.5, 0.6) is 0 Å². The molecule has 7 heteroatoms. The van der Waals surface area contributed by atoms with Gasteiger partial charge in [0.1, 0.15) is 6.54 Å². The minimum atomic E-state index is -0.316. The summed E-state index contributed by atoms with van der Waals surface area (Å²) >= 11 is 0. The van der Waals surface area contributed by atoms with E-state index in [0.717, 1.165) is 31.5 Å². The van der Waals surface area contributed by atoms with Crippen LogP contribution in [0.2, 0.25) is 0 Å². The molecule has 0 saturated carbocycles. The summed E-state index contributed by atoms with van der Waals surface area (Å²) in [5.41, 5.74) is 1.04. The zero-order valence-electron chi connectivity index (χ0n) is 16.1. The highest BCUT2D eigenvalue weighted by Gasteiger charge is 2.20. The maximum absolute atomic E-state index is 12.5. The van der Waals surface area contributed by atoms with E-state index in [4.69, 9.17) is 0 Å². The molecule has 1 aliphatic heterocycles. The quantitative estimate of drug-likeness (QED) is 0.780. The zero-order chi connectivity index (χ0) is 19.9. The predicted octanol–water partition coefficient (Wildman–Crippen LogP) is 0.989. The number of likely N-dealkylation sites (tertiary alicyclic amines) is 1. The van der Waals surface area contributed by atoms with Gasteiger partial charge in [0.25, 0.3) is 11.5 Å². The number of amides is 2. The Morgan fingerprint density at radius 1 is 1.14 bits per heavy atom. The van der Waals surface area contributed by atoms with Crippen LogP contribution in [0.3, 0.4) is 0 Å². The first-order valence-electron chi connectivity index (χ1n) is 9.52. The van der Waals surface area contributed by atoms with Gasteiger partial charge in [0.15, 0.2) is 0 Å². The molecule has 1 aromatic heterocycles. The summed E-state index contributed by atoms with van der Waals surface area (Å²) in [5, 5.41) is 5.80. The third kappa shape index (κ3) is 5.53. The Balaban J connectivity index is 1.60. The van der Waals surface area contributed by atoms with Gasteiger partial charge in [-0.2, -0.15) is 0 Å². The summed E-state index contributed by atoms with van der Waals surface area (Å²) in [5.74, 6) is -0.504. The van der Waals surface area contributed by atoms with E-state index in [1.165, 1.54) is 22.9 Å². The lowest BCUT2D eigenvalue weighted by molar-refractivity contribution is -0.121. The number of piperidine rings is 1. The SMILES string of the molecule is CN1CCC[C@@H](NC(=O)c2ccc(=O)n(CC(=O)NCc3ccccc3)c2)C1.